The van der Waals surface area contributed by atoms with Gasteiger partial charge in [0, 0.05) is 18.7 Å². The molecule has 0 saturated carbocycles. The predicted molar refractivity (Wildman–Crippen MR) is 97.6 cm³/mol. The summed E-state index contributed by atoms with van der Waals surface area (Å²) in [6.45, 7) is 5.70. The Morgan fingerprint density at radius 3 is 2.67 bits per heavy atom. The van der Waals surface area contributed by atoms with Gasteiger partial charge in [0.05, 0.1) is 13.3 Å². The molecule has 4 nitrogen and oxygen atoms in total. The van der Waals surface area contributed by atoms with Crippen LogP contribution in [-0.4, -0.2) is 36.0 Å². The van der Waals surface area contributed by atoms with Gasteiger partial charge in [-0.1, -0.05) is 25.8 Å². The normalized spacial score (nSPS) is 9.96. The van der Waals surface area contributed by atoms with Crippen LogP contribution in [0.4, 0.5) is 0 Å². The van der Waals surface area contributed by atoms with E-state index in [1.165, 1.54) is 11.3 Å². The zero-order chi connectivity index (χ0) is 17.4. The molecular weight excluding hydrogens is 320 g/mol. The smallest absolute Gasteiger partial charge is 0.265 e. The number of amides is 1. The number of benzene rings is 1. The molecule has 5 heteroatoms. The fraction of sp³-hybridized carbons (Fsp3) is 0.368. The van der Waals surface area contributed by atoms with Crippen molar-refractivity contribution in [2.45, 2.75) is 26.7 Å². The first-order chi connectivity index (χ1) is 11.7. The Morgan fingerprint density at radius 1 is 1.25 bits per heavy atom. The average Bonchev–Trinajstić information content (AvgIpc) is 3.08. The second kappa shape index (κ2) is 9.09. The van der Waals surface area contributed by atoms with Gasteiger partial charge in [-0.3, -0.25) is 4.79 Å². The summed E-state index contributed by atoms with van der Waals surface area (Å²) in [4.78, 5) is 19.3. The number of methoxy groups -OCH3 is 1. The lowest BCUT2D eigenvalue weighted by Crippen LogP contribution is -2.31. The monoisotopic (exact) mass is 342 g/mol. The zero-order valence-electron chi connectivity index (χ0n) is 14.3. The fourth-order valence-corrected chi connectivity index (χ4v) is 3.01. The summed E-state index contributed by atoms with van der Waals surface area (Å²) >= 11 is 1.34. The van der Waals surface area contributed by atoms with E-state index in [2.05, 4.69) is 30.7 Å². The number of ether oxygens (including phenoxy) is 1. The summed E-state index contributed by atoms with van der Waals surface area (Å²) in [5.74, 6) is 6.90. The number of nitrogens with zero attached hydrogens (tertiary/aromatic N) is 2. The van der Waals surface area contributed by atoms with Crippen molar-refractivity contribution in [1.82, 2.24) is 9.88 Å². The van der Waals surface area contributed by atoms with Crippen LogP contribution in [0.5, 0.6) is 5.75 Å². The van der Waals surface area contributed by atoms with Crippen LogP contribution in [0.1, 0.15) is 46.9 Å². The number of rotatable bonds is 6. The molecule has 0 bridgehead atoms. The van der Waals surface area contributed by atoms with Gasteiger partial charge < -0.3 is 9.64 Å². The minimum atomic E-state index is 0.0469. The molecule has 2 aromatic rings. The van der Waals surface area contributed by atoms with Gasteiger partial charge >= 0.3 is 0 Å². The molecule has 0 radical (unpaired) electrons. The first-order valence-corrected chi connectivity index (χ1v) is 8.90. The number of hydrogen-bond acceptors (Lipinski definition) is 4. The Bertz CT molecular complexity index is 737. The standard InChI is InChI=1S/C19H22N2O2S/c1-4-11-21(12-5-2)19(22)17-14-20-18(24-17)10-9-15-7-6-8-16(13-15)23-3/h6-8,13-14H,4-5,11-12H2,1-3H3. The molecule has 2 rings (SSSR count). The molecule has 24 heavy (non-hydrogen) atoms. The highest BCUT2D eigenvalue weighted by Crippen LogP contribution is 2.16. The van der Waals surface area contributed by atoms with E-state index in [0.717, 1.165) is 37.2 Å². The van der Waals surface area contributed by atoms with Gasteiger partial charge in [-0.2, -0.15) is 0 Å². The molecule has 0 spiro atoms. The lowest BCUT2D eigenvalue weighted by Gasteiger charge is -2.20. The van der Waals surface area contributed by atoms with Gasteiger partial charge in [0.2, 0.25) is 0 Å². The Kier molecular flexibility index (Phi) is 6.83. The highest BCUT2D eigenvalue weighted by molar-refractivity contribution is 7.14. The number of carbonyl (C=O) groups is 1. The van der Waals surface area contributed by atoms with E-state index in [9.17, 15) is 4.79 Å². The van der Waals surface area contributed by atoms with Crippen molar-refractivity contribution in [3.05, 3.63) is 45.9 Å². The van der Waals surface area contributed by atoms with Crippen molar-refractivity contribution in [2.24, 2.45) is 0 Å². The van der Waals surface area contributed by atoms with Crippen molar-refractivity contribution in [3.8, 4) is 17.6 Å². The van der Waals surface area contributed by atoms with E-state index in [1.54, 1.807) is 13.3 Å². The summed E-state index contributed by atoms with van der Waals surface area (Å²) in [7, 11) is 1.63. The van der Waals surface area contributed by atoms with Gasteiger partial charge in [0.1, 0.15) is 10.6 Å². The van der Waals surface area contributed by atoms with Gasteiger partial charge in [-0.25, -0.2) is 4.98 Å². The van der Waals surface area contributed by atoms with Gasteiger partial charge in [-0.15, -0.1) is 11.3 Å². The average molecular weight is 342 g/mol. The van der Waals surface area contributed by atoms with E-state index in [1.807, 2.05) is 29.2 Å². The van der Waals surface area contributed by atoms with E-state index in [4.69, 9.17) is 4.74 Å². The lowest BCUT2D eigenvalue weighted by atomic mass is 10.2. The summed E-state index contributed by atoms with van der Waals surface area (Å²) in [5, 5.41) is 0.647. The van der Waals surface area contributed by atoms with E-state index in [-0.39, 0.29) is 5.91 Å². The zero-order valence-corrected chi connectivity index (χ0v) is 15.2. The van der Waals surface area contributed by atoms with Crippen LogP contribution in [0.2, 0.25) is 0 Å². The van der Waals surface area contributed by atoms with Crippen molar-refractivity contribution in [2.75, 3.05) is 20.2 Å². The van der Waals surface area contributed by atoms with Crippen LogP contribution in [-0.2, 0) is 0 Å². The molecule has 0 saturated heterocycles. The maximum absolute atomic E-state index is 12.5. The lowest BCUT2D eigenvalue weighted by molar-refractivity contribution is 0.0760. The maximum Gasteiger partial charge on any atom is 0.265 e. The molecule has 0 aliphatic rings. The van der Waals surface area contributed by atoms with Crippen LogP contribution >= 0.6 is 11.3 Å². The SMILES string of the molecule is CCCN(CCC)C(=O)c1cnc(C#Cc2cccc(OC)c2)s1. The molecule has 1 aromatic heterocycles. The van der Waals surface area contributed by atoms with Crippen molar-refractivity contribution < 1.29 is 9.53 Å². The van der Waals surface area contributed by atoms with Crippen LogP contribution in [0.25, 0.3) is 0 Å². The van der Waals surface area contributed by atoms with Crippen LogP contribution < -0.4 is 4.74 Å². The fourth-order valence-electron chi connectivity index (χ4n) is 2.27. The van der Waals surface area contributed by atoms with E-state index < -0.39 is 0 Å². The molecule has 0 fully saturated rings. The number of aromatic nitrogens is 1. The third-order valence-corrected chi connectivity index (χ3v) is 4.28. The Labute approximate surface area is 147 Å². The molecular formula is C19H22N2O2S. The minimum absolute atomic E-state index is 0.0469. The Balaban J connectivity index is 2.13. The van der Waals surface area contributed by atoms with Crippen LogP contribution in [0.3, 0.4) is 0 Å². The molecule has 0 aliphatic heterocycles. The maximum atomic E-state index is 12.5. The predicted octanol–water partition coefficient (Wildman–Crippen LogP) is 3.81. The second-order valence-corrected chi connectivity index (χ2v) is 6.33. The largest absolute Gasteiger partial charge is 0.497 e. The molecule has 0 N–H and O–H groups in total. The Hall–Kier alpha value is -2.32. The van der Waals surface area contributed by atoms with Gasteiger partial charge in [-0.05, 0) is 37.0 Å². The third kappa shape index (κ3) is 4.84. The van der Waals surface area contributed by atoms with Crippen molar-refractivity contribution >= 4 is 17.2 Å². The summed E-state index contributed by atoms with van der Waals surface area (Å²) in [6.07, 6.45) is 3.53. The second-order valence-electron chi connectivity index (χ2n) is 5.30. The first kappa shape index (κ1) is 18.0. The number of carbonyl (C=O) groups excluding carboxylic acids is 1. The third-order valence-electron chi connectivity index (χ3n) is 3.37. The van der Waals surface area contributed by atoms with Gasteiger partial charge in [0.15, 0.2) is 5.01 Å². The summed E-state index contributed by atoms with van der Waals surface area (Å²) < 4.78 is 5.18. The quantitative estimate of drug-likeness (QED) is 0.750. The summed E-state index contributed by atoms with van der Waals surface area (Å²) in [5.41, 5.74) is 0.857. The molecule has 1 aromatic carbocycles. The van der Waals surface area contributed by atoms with Gasteiger partial charge in [0.25, 0.3) is 5.91 Å². The van der Waals surface area contributed by atoms with Crippen molar-refractivity contribution in [1.29, 1.82) is 0 Å². The molecule has 1 amide bonds. The van der Waals surface area contributed by atoms with Crippen LogP contribution in [0, 0.1) is 11.8 Å². The molecule has 0 unspecified atom stereocenters. The van der Waals surface area contributed by atoms with Crippen LogP contribution in [0.15, 0.2) is 30.5 Å². The molecule has 1 heterocycles. The number of hydrogen-bond donors (Lipinski definition) is 0. The van der Waals surface area contributed by atoms with E-state index >= 15 is 0 Å². The highest BCUT2D eigenvalue weighted by Gasteiger charge is 2.16. The molecule has 126 valence electrons. The minimum Gasteiger partial charge on any atom is -0.497 e. The van der Waals surface area contributed by atoms with Crippen molar-refractivity contribution in [3.63, 3.8) is 0 Å². The highest BCUT2D eigenvalue weighted by atomic mass is 32.1. The molecule has 0 aliphatic carbocycles. The topological polar surface area (TPSA) is 42.4 Å². The Morgan fingerprint density at radius 2 is 2.00 bits per heavy atom. The first-order valence-electron chi connectivity index (χ1n) is 8.09. The van der Waals surface area contributed by atoms with E-state index in [0.29, 0.717) is 9.88 Å². The number of thiazole rings is 1. The summed E-state index contributed by atoms with van der Waals surface area (Å²) in [6, 6.07) is 7.56. The molecule has 0 atom stereocenters.